The van der Waals surface area contributed by atoms with Crippen LogP contribution in [0, 0.1) is 5.92 Å². The van der Waals surface area contributed by atoms with Gasteiger partial charge in [0.05, 0.1) is 5.39 Å². The molecule has 6 heteroatoms. The van der Waals surface area contributed by atoms with Crippen LogP contribution in [0.4, 0.5) is 5.69 Å². The van der Waals surface area contributed by atoms with Gasteiger partial charge in [-0.3, -0.25) is 9.59 Å². The molecule has 0 radical (unpaired) electrons. The monoisotopic (exact) mass is 274 g/mol. The smallest absolute Gasteiger partial charge is 0.360 e. The van der Waals surface area contributed by atoms with Crippen molar-refractivity contribution in [3.05, 3.63) is 39.1 Å². The molecule has 1 fully saturated rings. The van der Waals surface area contributed by atoms with Crippen LogP contribution in [-0.2, 0) is 4.79 Å². The van der Waals surface area contributed by atoms with Crippen molar-refractivity contribution in [3.63, 3.8) is 0 Å². The third kappa shape index (κ3) is 2.24. The van der Waals surface area contributed by atoms with Crippen molar-refractivity contribution >= 4 is 22.6 Å². The van der Waals surface area contributed by atoms with Crippen LogP contribution in [0.5, 0.6) is 0 Å². The van der Waals surface area contributed by atoms with Gasteiger partial charge in [0, 0.05) is 12.1 Å². The van der Waals surface area contributed by atoms with Gasteiger partial charge in [-0.15, -0.1) is 0 Å². The van der Waals surface area contributed by atoms with E-state index in [0.717, 1.165) is 25.7 Å². The van der Waals surface area contributed by atoms with E-state index in [4.69, 9.17) is 4.42 Å². The predicted octanol–water partition coefficient (Wildman–Crippen LogP) is 1.61. The minimum atomic E-state index is -0.644. The number of H-pyrrole nitrogens is 1. The van der Waals surface area contributed by atoms with Gasteiger partial charge >= 0.3 is 5.63 Å². The predicted molar refractivity (Wildman–Crippen MR) is 73.7 cm³/mol. The highest BCUT2D eigenvalue weighted by atomic mass is 16.4. The summed E-state index contributed by atoms with van der Waals surface area (Å²) in [5.74, 6) is -0.235. The second kappa shape index (κ2) is 4.96. The summed E-state index contributed by atoms with van der Waals surface area (Å²) in [6.07, 6.45) is 5.15. The average Bonchev–Trinajstić information content (AvgIpc) is 2.94. The van der Waals surface area contributed by atoms with Gasteiger partial charge in [-0.25, -0.2) is 4.79 Å². The molecule has 2 aromatic rings. The molecule has 1 aliphatic rings. The molecular weight excluding hydrogens is 260 g/mol. The van der Waals surface area contributed by atoms with Crippen molar-refractivity contribution in [2.24, 2.45) is 5.92 Å². The summed E-state index contributed by atoms with van der Waals surface area (Å²) in [4.78, 5) is 38.0. The summed E-state index contributed by atoms with van der Waals surface area (Å²) in [6.45, 7) is 0. The highest BCUT2D eigenvalue weighted by Gasteiger charge is 2.23. The normalized spacial score (nSPS) is 15.6. The molecule has 6 nitrogen and oxygen atoms in total. The molecule has 2 aromatic heterocycles. The van der Waals surface area contributed by atoms with Gasteiger partial charge in [0.1, 0.15) is 11.3 Å². The summed E-state index contributed by atoms with van der Waals surface area (Å²) in [7, 11) is 0. The number of pyridine rings is 1. The van der Waals surface area contributed by atoms with E-state index >= 15 is 0 Å². The number of aromatic amines is 1. The Morgan fingerprint density at radius 3 is 2.80 bits per heavy atom. The van der Waals surface area contributed by atoms with Crippen molar-refractivity contribution in [2.45, 2.75) is 25.7 Å². The number of hydrogen-bond donors (Lipinski definition) is 2. The van der Waals surface area contributed by atoms with Crippen molar-refractivity contribution in [2.75, 3.05) is 5.32 Å². The lowest BCUT2D eigenvalue weighted by atomic mass is 10.1. The Morgan fingerprint density at radius 2 is 2.05 bits per heavy atom. The molecule has 0 atom stereocenters. The van der Waals surface area contributed by atoms with E-state index in [1.165, 1.54) is 18.3 Å². The van der Waals surface area contributed by atoms with Crippen LogP contribution in [0.25, 0.3) is 11.0 Å². The third-order valence-electron chi connectivity index (χ3n) is 3.65. The van der Waals surface area contributed by atoms with Crippen LogP contribution in [0.1, 0.15) is 25.7 Å². The van der Waals surface area contributed by atoms with Crippen LogP contribution in [-0.4, -0.2) is 10.9 Å². The number of anilines is 1. The van der Waals surface area contributed by atoms with Crippen molar-refractivity contribution < 1.29 is 9.21 Å². The van der Waals surface area contributed by atoms with Crippen molar-refractivity contribution in [3.8, 4) is 0 Å². The van der Waals surface area contributed by atoms with Gasteiger partial charge in [-0.05, 0) is 25.0 Å². The molecule has 0 unspecified atom stereocenters. The Kier molecular flexibility index (Phi) is 3.14. The fourth-order valence-electron chi connectivity index (χ4n) is 2.57. The SMILES string of the molecule is O=C(Nc1cc2c(=O)[nH]ccc2oc1=O)C1CCCC1. The van der Waals surface area contributed by atoms with Crippen molar-refractivity contribution in [1.82, 2.24) is 4.98 Å². The Bertz CT molecular complexity index is 769. The first-order valence-electron chi connectivity index (χ1n) is 6.61. The Labute approximate surface area is 113 Å². The lowest BCUT2D eigenvalue weighted by Gasteiger charge is -2.09. The minimum Gasteiger partial charge on any atom is -0.421 e. The largest absolute Gasteiger partial charge is 0.421 e. The Balaban J connectivity index is 1.97. The second-order valence-corrected chi connectivity index (χ2v) is 5.00. The van der Waals surface area contributed by atoms with Gasteiger partial charge in [0.15, 0.2) is 0 Å². The first kappa shape index (κ1) is 12.7. The number of fused-ring (bicyclic) bond motifs is 1. The number of nitrogens with one attached hydrogen (secondary N) is 2. The first-order valence-corrected chi connectivity index (χ1v) is 6.61. The number of rotatable bonds is 2. The summed E-state index contributed by atoms with van der Waals surface area (Å²) in [6, 6.07) is 2.87. The standard InChI is InChI=1S/C14H14N2O4/c17-12(8-3-1-2-4-8)16-10-7-9-11(20-14(10)19)5-6-15-13(9)18/h5-8H,1-4H2,(H,15,18)(H,16,17). The van der Waals surface area contributed by atoms with Crippen LogP contribution >= 0.6 is 0 Å². The lowest BCUT2D eigenvalue weighted by Crippen LogP contribution is -2.24. The zero-order valence-electron chi connectivity index (χ0n) is 10.8. The molecule has 3 rings (SSSR count). The van der Waals surface area contributed by atoms with E-state index in [1.54, 1.807) is 0 Å². The number of carbonyl (C=O) groups is 1. The van der Waals surface area contributed by atoms with Gasteiger partial charge in [0.25, 0.3) is 5.56 Å². The molecule has 104 valence electrons. The van der Waals surface area contributed by atoms with E-state index in [2.05, 4.69) is 10.3 Å². The molecule has 2 N–H and O–H groups in total. The molecule has 0 spiro atoms. The summed E-state index contributed by atoms with van der Waals surface area (Å²) >= 11 is 0. The maximum Gasteiger partial charge on any atom is 0.360 e. The molecule has 1 amide bonds. The summed E-state index contributed by atoms with van der Waals surface area (Å²) in [5.41, 5.74) is -0.777. The molecular formula is C14H14N2O4. The van der Waals surface area contributed by atoms with E-state index in [1.807, 2.05) is 0 Å². The molecule has 1 aliphatic carbocycles. The molecule has 0 saturated heterocycles. The summed E-state index contributed by atoms with van der Waals surface area (Å²) < 4.78 is 5.05. The van der Waals surface area contributed by atoms with Gasteiger partial charge < -0.3 is 14.7 Å². The topological polar surface area (TPSA) is 92.2 Å². The van der Waals surface area contributed by atoms with E-state index in [0.29, 0.717) is 0 Å². The van der Waals surface area contributed by atoms with E-state index in [9.17, 15) is 14.4 Å². The third-order valence-corrected chi connectivity index (χ3v) is 3.65. The molecule has 1 saturated carbocycles. The molecule has 20 heavy (non-hydrogen) atoms. The Hall–Kier alpha value is -2.37. The number of carbonyl (C=O) groups excluding carboxylic acids is 1. The maximum atomic E-state index is 12.0. The van der Waals surface area contributed by atoms with Crippen LogP contribution in [0.3, 0.4) is 0 Å². The molecule has 0 aromatic carbocycles. The number of aromatic nitrogens is 1. The number of hydrogen-bond acceptors (Lipinski definition) is 4. The van der Waals surface area contributed by atoms with Crippen LogP contribution < -0.4 is 16.5 Å². The minimum absolute atomic E-state index is 0.0195. The fraction of sp³-hybridized carbons (Fsp3) is 0.357. The van der Waals surface area contributed by atoms with Gasteiger partial charge in [0.2, 0.25) is 5.91 Å². The highest BCUT2D eigenvalue weighted by molar-refractivity contribution is 5.94. The zero-order valence-corrected chi connectivity index (χ0v) is 10.8. The lowest BCUT2D eigenvalue weighted by molar-refractivity contribution is -0.119. The maximum absolute atomic E-state index is 12.0. The van der Waals surface area contributed by atoms with Gasteiger partial charge in [-0.2, -0.15) is 0 Å². The molecule has 0 aliphatic heterocycles. The fourth-order valence-corrected chi connectivity index (χ4v) is 2.57. The first-order chi connectivity index (χ1) is 9.65. The van der Waals surface area contributed by atoms with E-state index in [-0.39, 0.29) is 34.0 Å². The Morgan fingerprint density at radius 1 is 1.30 bits per heavy atom. The average molecular weight is 274 g/mol. The van der Waals surface area contributed by atoms with Crippen molar-refractivity contribution in [1.29, 1.82) is 0 Å². The summed E-state index contributed by atoms with van der Waals surface area (Å²) in [5, 5.41) is 2.82. The van der Waals surface area contributed by atoms with Crippen LogP contribution in [0.15, 0.2) is 32.3 Å². The molecule has 0 bridgehead atoms. The van der Waals surface area contributed by atoms with E-state index < -0.39 is 5.63 Å². The molecule has 2 heterocycles. The second-order valence-electron chi connectivity index (χ2n) is 5.00. The van der Waals surface area contributed by atoms with Gasteiger partial charge in [-0.1, -0.05) is 12.8 Å². The van der Waals surface area contributed by atoms with Crippen LogP contribution in [0.2, 0.25) is 0 Å². The zero-order chi connectivity index (χ0) is 14.1. The highest BCUT2D eigenvalue weighted by Crippen LogP contribution is 2.25. The quantitative estimate of drug-likeness (QED) is 0.870. The number of amides is 1.